The number of hydrogen-bond donors (Lipinski definition) is 1. The SMILES string of the molecule is CC1CC(O)(C#Cc2ccc(-c3ccc(C#N)cc3)cc2)C(C)CN1C. The molecule has 26 heavy (non-hydrogen) atoms. The fourth-order valence-corrected chi connectivity index (χ4v) is 3.41. The van der Waals surface area contributed by atoms with E-state index in [9.17, 15) is 5.11 Å². The molecular formula is C23H24N2O. The largest absolute Gasteiger partial charge is 0.377 e. The van der Waals surface area contributed by atoms with Gasteiger partial charge in [0.1, 0.15) is 5.60 Å². The Morgan fingerprint density at radius 1 is 1.00 bits per heavy atom. The van der Waals surface area contributed by atoms with Gasteiger partial charge in [0.2, 0.25) is 0 Å². The van der Waals surface area contributed by atoms with E-state index < -0.39 is 5.60 Å². The predicted molar refractivity (Wildman–Crippen MR) is 104 cm³/mol. The molecule has 0 saturated carbocycles. The molecule has 0 spiro atoms. The molecule has 2 aromatic rings. The zero-order chi connectivity index (χ0) is 18.7. The van der Waals surface area contributed by atoms with Gasteiger partial charge in [0.05, 0.1) is 11.6 Å². The van der Waals surface area contributed by atoms with E-state index in [2.05, 4.69) is 43.7 Å². The number of nitrogens with zero attached hydrogens (tertiary/aromatic N) is 2. The number of likely N-dealkylation sites (tertiary alicyclic amines) is 1. The third-order valence-corrected chi connectivity index (χ3v) is 5.39. The summed E-state index contributed by atoms with van der Waals surface area (Å²) in [6.07, 6.45) is 0.668. The standard InChI is InChI=1S/C23H24N2O/c1-17-16-25(3)18(2)14-23(17,26)13-12-19-4-8-21(9-5-19)22-10-6-20(15-24)7-11-22/h4-11,17-18,26H,14,16H2,1-3H3. The van der Waals surface area contributed by atoms with Gasteiger partial charge in [-0.3, -0.25) is 0 Å². The van der Waals surface area contributed by atoms with Crippen molar-refractivity contribution in [1.29, 1.82) is 5.26 Å². The van der Waals surface area contributed by atoms with Crippen LogP contribution in [0, 0.1) is 29.1 Å². The van der Waals surface area contributed by atoms with Crippen molar-refractivity contribution in [2.24, 2.45) is 5.92 Å². The topological polar surface area (TPSA) is 47.3 Å². The molecule has 1 saturated heterocycles. The summed E-state index contributed by atoms with van der Waals surface area (Å²) < 4.78 is 0. The van der Waals surface area contributed by atoms with Crippen LogP contribution in [-0.2, 0) is 0 Å². The van der Waals surface area contributed by atoms with Crippen molar-refractivity contribution in [3.05, 3.63) is 59.7 Å². The number of piperidine rings is 1. The molecule has 3 atom stereocenters. The summed E-state index contributed by atoms with van der Waals surface area (Å²) in [4.78, 5) is 2.27. The second kappa shape index (κ2) is 7.34. The van der Waals surface area contributed by atoms with Crippen molar-refractivity contribution in [3.63, 3.8) is 0 Å². The third-order valence-electron chi connectivity index (χ3n) is 5.39. The minimum atomic E-state index is -0.933. The highest BCUT2D eigenvalue weighted by molar-refractivity contribution is 5.65. The summed E-state index contributed by atoms with van der Waals surface area (Å²) in [5, 5.41) is 19.8. The van der Waals surface area contributed by atoms with Gasteiger partial charge in [0, 0.05) is 30.5 Å². The molecule has 1 aliphatic rings. The minimum absolute atomic E-state index is 0.120. The lowest BCUT2D eigenvalue weighted by molar-refractivity contribution is -0.0346. The van der Waals surface area contributed by atoms with E-state index in [1.165, 1.54) is 0 Å². The van der Waals surface area contributed by atoms with Crippen LogP contribution in [0.15, 0.2) is 48.5 Å². The van der Waals surface area contributed by atoms with E-state index in [4.69, 9.17) is 5.26 Å². The predicted octanol–water partition coefficient (Wildman–Crippen LogP) is 3.67. The maximum Gasteiger partial charge on any atom is 0.131 e. The summed E-state index contributed by atoms with van der Waals surface area (Å²) >= 11 is 0. The minimum Gasteiger partial charge on any atom is -0.377 e. The van der Waals surface area contributed by atoms with Gasteiger partial charge < -0.3 is 10.0 Å². The Bertz CT molecular complexity index is 868. The van der Waals surface area contributed by atoms with E-state index in [0.717, 1.165) is 23.2 Å². The van der Waals surface area contributed by atoms with Crippen molar-refractivity contribution in [2.45, 2.75) is 31.9 Å². The molecule has 0 radical (unpaired) electrons. The van der Waals surface area contributed by atoms with Gasteiger partial charge in [0.25, 0.3) is 0 Å². The van der Waals surface area contributed by atoms with Crippen LogP contribution in [0.1, 0.15) is 31.4 Å². The summed E-state index contributed by atoms with van der Waals surface area (Å²) in [6, 6.07) is 18.0. The van der Waals surface area contributed by atoms with Gasteiger partial charge in [-0.05, 0) is 49.4 Å². The van der Waals surface area contributed by atoms with Crippen LogP contribution in [-0.4, -0.2) is 35.2 Å². The summed E-state index contributed by atoms with van der Waals surface area (Å²) in [5.41, 5.74) is 2.78. The van der Waals surface area contributed by atoms with Crippen LogP contribution >= 0.6 is 0 Å². The lowest BCUT2D eigenvalue weighted by atomic mass is 9.79. The fraction of sp³-hybridized carbons (Fsp3) is 0.348. The van der Waals surface area contributed by atoms with Crippen molar-refractivity contribution in [2.75, 3.05) is 13.6 Å². The van der Waals surface area contributed by atoms with Gasteiger partial charge in [-0.15, -0.1) is 0 Å². The highest BCUT2D eigenvalue weighted by Crippen LogP contribution is 2.30. The highest BCUT2D eigenvalue weighted by atomic mass is 16.3. The molecule has 0 aromatic heterocycles. The van der Waals surface area contributed by atoms with Crippen LogP contribution in [0.2, 0.25) is 0 Å². The lowest BCUT2D eigenvalue weighted by Crippen LogP contribution is -2.52. The first-order chi connectivity index (χ1) is 12.4. The van der Waals surface area contributed by atoms with Crippen LogP contribution < -0.4 is 0 Å². The second-order valence-electron chi connectivity index (χ2n) is 7.33. The Balaban J connectivity index is 1.77. The van der Waals surface area contributed by atoms with Crippen molar-refractivity contribution in [1.82, 2.24) is 4.90 Å². The Morgan fingerprint density at radius 2 is 1.54 bits per heavy atom. The zero-order valence-electron chi connectivity index (χ0n) is 15.5. The van der Waals surface area contributed by atoms with E-state index in [1.807, 2.05) is 48.5 Å². The molecular weight excluding hydrogens is 320 g/mol. The fourth-order valence-electron chi connectivity index (χ4n) is 3.41. The van der Waals surface area contributed by atoms with Gasteiger partial charge in [-0.2, -0.15) is 5.26 Å². The molecule has 2 aromatic carbocycles. The average molecular weight is 344 g/mol. The molecule has 3 heteroatoms. The van der Waals surface area contributed by atoms with E-state index in [-0.39, 0.29) is 5.92 Å². The van der Waals surface area contributed by atoms with Crippen molar-refractivity contribution < 1.29 is 5.11 Å². The number of rotatable bonds is 1. The van der Waals surface area contributed by atoms with E-state index >= 15 is 0 Å². The Hall–Kier alpha value is -2.59. The Kier molecular flexibility index (Phi) is 5.14. The average Bonchev–Trinajstić information content (AvgIpc) is 2.66. The van der Waals surface area contributed by atoms with Gasteiger partial charge in [-0.1, -0.05) is 43.0 Å². The molecule has 0 aliphatic carbocycles. The number of aliphatic hydroxyl groups is 1. The number of nitriles is 1. The number of hydrogen-bond acceptors (Lipinski definition) is 3. The van der Waals surface area contributed by atoms with E-state index in [0.29, 0.717) is 18.0 Å². The maximum atomic E-state index is 10.9. The van der Waals surface area contributed by atoms with E-state index in [1.54, 1.807) is 0 Å². The first kappa shape index (κ1) is 18.2. The molecule has 3 nitrogen and oxygen atoms in total. The highest BCUT2D eigenvalue weighted by Gasteiger charge is 2.39. The molecule has 3 rings (SSSR count). The first-order valence-electron chi connectivity index (χ1n) is 8.98. The smallest absolute Gasteiger partial charge is 0.131 e. The molecule has 0 bridgehead atoms. The van der Waals surface area contributed by atoms with Gasteiger partial charge >= 0.3 is 0 Å². The molecule has 1 fully saturated rings. The van der Waals surface area contributed by atoms with Crippen LogP contribution in [0.3, 0.4) is 0 Å². The Morgan fingerprint density at radius 3 is 2.08 bits per heavy atom. The van der Waals surface area contributed by atoms with Gasteiger partial charge in [-0.25, -0.2) is 0 Å². The van der Waals surface area contributed by atoms with Crippen LogP contribution in [0.25, 0.3) is 11.1 Å². The van der Waals surface area contributed by atoms with Crippen LogP contribution in [0.4, 0.5) is 0 Å². The Labute approximate surface area is 155 Å². The normalized spacial score (nSPS) is 25.8. The van der Waals surface area contributed by atoms with Gasteiger partial charge in [0.15, 0.2) is 0 Å². The summed E-state index contributed by atoms with van der Waals surface area (Å²) in [7, 11) is 2.09. The second-order valence-corrected chi connectivity index (χ2v) is 7.33. The first-order valence-corrected chi connectivity index (χ1v) is 8.98. The van der Waals surface area contributed by atoms with Crippen molar-refractivity contribution >= 4 is 0 Å². The van der Waals surface area contributed by atoms with Crippen molar-refractivity contribution in [3.8, 4) is 29.0 Å². The monoisotopic (exact) mass is 344 g/mol. The van der Waals surface area contributed by atoms with Crippen LogP contribution in [0.5, 0.6) is 0 Å². The molecule has 1 heterocycles. The molecule has 1 N–H and O–H groups in total. The lowest BCUT2D eigenvalue weighted by Gasteiger charge is -2.42. The zero-order valence-corrected chi connectivity index (χ0v) is 15.5. The number of benzene rings is 2. The summed E-state index contributed by atoms with van der Waals surface area (Å²) in [6.45, 7) is 5.04. The third kappa shape index (κ3) is 3.81. The quantitative estimate of drug-likeness (QED) is 0.803. The summed E-state index contributed by atoms with van der Waals surface area (Å²) in [5.74, 6) is 6.41. The molecule has 3 unspecified atom stereocenters. The maximum absolute atomic E-state index is 10.9. The molecule has 132 valence electrons. The molecule has 1 aliphatic heterocycles. The molecule has 0 amide bonds.